The third-order valence-electron chi connectivity index (χ3n) is 1.66. The second kappa shape index (κ2) is 4.51. The quantitative estimate of drug-likeness (QED) is 0.897. The van der Waals surface area contributed by atoms with Gasteiger partial charge in [0.05, 0.1) is 17.5 Å². The molecule has 16 heavy (non-hydrogen) atoms. The van der Waals surface area contributed by atoms with E-state index in [2.05, 4.69) is 15.0 Å². The molecule has 0 aromatic carbocycles. The Morgan fingerprint density at radius 2 is 2.12 bits per heavy atom. The highest BCUT2D eigenvalue weighted by Gasteiger charge is 2.08. The van der Waals surface area contributed by atoms with Crippen LogP contribution in [0.2, 0.25) is 10.0 Å². The van der Waals surface area contributed by atoms with Crippen LogP contribution in [0.1, 0.15) is 0 Å². The molecule has 1 N–H and O–H groups in total. The van der Waals surface area contributed by atoms with Crippen molar-refractivity contribution in [3.63, 3.8) is 0 Å². The molecule has 0 radical (unpaired) electrons. The molecule has 0 amide bonds. The number of nitrogens with one attached hydrogen (secondary N) is 1. The first kappa shape index (κ1) is 10.9. The molecule has 7 heteroatoms. The number of halogens is 2. The van der Waals surface area contributed by atoms with Gasteiger partial charge in [0.25, 0.3) is 5.56 Å². The van der Waals surface area contributed by atoms with E-state index in [0.29, 0.717) is 10.8 Å². The van der Waals surface area contributed by atoms with Crippen LogP contribution in [0.15, 0.2) is 29.6 Å². The van der Waals surface area contributed by atoms with Crippen LogP contribution in [-0.4, -0.2) is 15.0 Å². The fourth-order valence-corrected chi connectivity index (χ4v) is 1.30. The highest BCUT2D eigenvalue weighted by Crippen LogP contribution is 2.24. The Morgan fingerprint density at radius 3 is 2.88 bits per heavy atom. The molecule has 0 spiro atoms. The van der Waals surface area contributed by atoms with Crippen molar-refractivity contribution in [1.82, 2.24) is 15.0 Å². The van der Waals surface area contributed by atoms with Gasteiger partial charge in [-0.2, -0.15) is 0 Å². The van der Waals surface area contributed by atoms with Crippen LogP contribution in [0, 0.1) is 0 Å². The van der Waals surface area contributed by atoms with Crippen molar-refractivity contribution >= 4 is 23.2 Å². The summed E-state index contributed by atoms with van der Waals surface area (Å²) in [4.78, 5) is 21.1. The number of rotatable bonds is 2. The SMILES string of the molecule is O=c1[nH]cnc(Oc2cncc(Cl)c2)c1Cl. The summed E-state index contributed by atoms with van der Waals surface area (Å²) in [5, 5.41) is 0.293. The predicted octanol–water partition coefficient (Wildman–Crippen LogP) is 2.26. The Bertz CT molecular complexity index is 571. The summed E-state index contributed by atoms with van der Waals surface area (Å²) in [6.45, 7) is 0. The van der Waals surface area contributed by atoms with E-state index < -0.39 is 5.56 Å². The first-order chi connectivity index (χ1) is 7.66. The summed E-state index contributed by atoms with van der Waals surface area (Å²) in [7, 11) is 0. The first-order valence-electron chi connectivity index (χ1n) is 4.18. The fraction of sp³-hybridized carbons (Fsp3) is 0. The van der Waals surface area contributed by atoms with Gasteiger partial charge in [-0.15, -0.1) is 0 Å². The summed E-state index contributed by atoms with van der Waals surface area (Å²) in [6.07, 6.45) is 4.09. The molecule has 2 rings (SSSR count). The van der Waals surface area contributed by atoms with Crippen molar-refractivity contribution in [3.8, 4) is 11.6 Å². The van der Waals surface area contributed by atoms with Gasteiger partial charge in [-0.3, -0.25) is 9.78 Å². The molecular weight excluding hydrogens is 253 g/mol. The van der Waals surface area contributed by atoms with Crippen LogP contribution in [0.25, 0.3) is 0 Å². The van der Waals surface area contributed by atoms with Crippen LogP contribution < -0.4 is 10.3 Å². The monoisotopic (exact) mass is 257 g/mol. The number of hydrogen-bond acceptors (Lipinski definition) is 4. The molecule has 0 aliphatic heterocycles. The molecule has 2 aromatic heterocycles. The molecule has 82 valence electrons. The van der Waals surface area contributed by atoms with E-state index in [9.17, 15) is 4.79 Å². The zero-order chi connectivity index (χ0) is 11.5. The van der Waals surface area contributed by atoms with E-state index in [1.54, 1.807) is 0 Å². The maximum Gasteiger partial charge on any atom is 0.273 e. The summed E-state index contributed by atoms with van der Waals surface area (Å²) < 4.78 is 5.26. The van der Waals surface area contributed by atoms with E-state index in [1.165, 1.54) is 24.8 Å². The van der Waals surface area contributed by atoms with Crippen molar-refractivity contribution < 1.29 is 4.74 Å². The zero-order valence-electron chi connectivity index (χ0n) is 7.78. The largest absolute Gasteiger partial charge is 0.436 e. The first-order valence-corrected chi connectivity index (χ1v) is 4.94. The molecule has 0 atom stereocenters. The molecule has 0 unspecified atom stereocenters. The molecule has 5 nitrogen and oxygen atoms in total. The lowest BCUT2D eigenvalue weighted by molar-refractivity contribution is 0.459. The number of ether oxygens (including phenoxy) is 1. The smallest absolute Gasteiger partial charge is 0.273 e. The second-order valence-corrected chi connectivity index (χ2v) is 3.61. The molecule has 0 bridgehead atoms. The molecule has 2 heterocycles. The highest BCUT2D eigenvalue weighted by atomic mass is 35.5. The standard InChI is InChI=1S/C9H5Cl2N3O2/c10-5-1-6(3-12-2-5)16-9-7(11)8(15)13-4-14-9/h1-4H,(H,13,14,15). The number of aromatic nitrogens is 3. The average Bonchev–Trinajstić information content (AvgIpc) is 2.25. The van der Waals surface area contributed by atoms with Crippen molar-refractivity contribution in [2.45, 2.75) is 0 Å². The number of nitrogens with zero attached hydrogens (tertiary/aromatic N) is 2. The van der Waals surface area contributed by atoms with E-state index in [4.69, 9.17) is 27.9 Å². The van der Waals surface area contributed by atoms with Crippen LogP contribution in [0.3, 0.4) is 0 Å². The lowest BCUT2D eigenvalue weighted by atomic mass is 10.4. The number of aromatic amines is 1. The molecule has 0 aliphatic rings. The summed E-state index contributed by atoms with van der Waals surface area (Å²) >= 11 is 11.4. The van der Waals surface area contributed by atoms with Gasteiger partial charge in [0.2, 0.25) is 5.88 Å². The maximum absolute atomic E-state index is 11.1. The van der Waals surface area contributed by atoms with Crippen LogP contribution >= 0.6 is 23.2 Å². The number of hydrogen-bond donors (Lipinski definition) is 1. The second-order valence-electron chi connectivity index (χ2n) is 2.79. The Hall–Kier alpha value is -1.59. The van der Waals surface area contributed by atoms with Gasteiger partial charge in [-0.25, -0.2) is 4.98 Å². The molecule has 0 aliphatic carbocycles. The zero-order valence-corrected chi connectivity index (χ0v) is 9.29. The Kier molecular flexibility index (Phi) is 3.07. The van der Waals surface area contributed by atoms with E-state index in [0.717, 1.165) is 0 Å². The predicted molar refractivity (Wildman–Crippen MR) is 59.2 cm³/mol. The van der Waals surface area contributed by atoms with Gasteiger partial charge < -0.3 is 9.72 Å². The minimum atomic E-state index is -0.471. The van der Waals surface area contributed by atoms with E-state index in [1.807, 2.05) is 0 Å². The van der Waals surface area contributed by atoms with Gasteiger partial charge >= 0.3 is 0 Å². The number of H-pyrrole nitrogens is 1. The topological polar surface area (TPSA) is 67.9 Å². The highest BCUT2D eigenvalue weighted by molar-refractivity contribution is 6.31. The van der Waals surface area contributed by atoms with Crippen molar-refractivity contribution in [2.75, 3.05) is 0 Å². The molecule has 0 saturated heterocycles. The van der Waals surface area contributed by atoms with Gasteiger partial charge in [0.15, 0.2) is 5.02 Å². The van der Waals surface area contributed by atoms with Crippen LogP contribution in [-0.2, 0) is 0 Å². The van der Waals surface area contributed by atoms with Crippen LogP contribution in [0.4, 0.5) is 0 Å². The van der Waals surface area contributed by atoms with E-state index >= 15 is 0 Å². The normalized spacial score (nSPS) is 10.1. The summed E-state index contributed by atoms with van der Waals surface area (Å²) in [6, 6.07) is 1.54. The lowest BCUT2D eigenvalue weighted by Gasteiger charge is -2.04. The Morgan fingerprint density at radius 1 is 1.31 bits per heavy atom. The molecule has 2 aromatic rings. The minimum Gasteiger partial charge on any atom is -0.436 e. The third kappa shape index (κ3) is 2.32. The molecule has 0 fully saturated rings. The Balaban J connectivity index is 2.34. The van der Waals surface area contributed by atoms with Crippen molar-refractivity contribution in [1.29, 1.82) is 0 Å². The van der Waals surface area contributed by atoms with Gasteiger partial charge in [-0.05, 0) is 0 Å². The van der Waals surface area contributed by atoms with Gasteiger partial charge in [0.1, 0.15) is 5.75 Å². The van der Waals surface area contributed by atoms with Crippen molar-refractivity contribution in [3.05, 3.63) is 45.2 Å². The maximum atomic E-state index is 11.1. The Labute approximate surface area is 100 Å². The average molecular weight is 258 g/mol. The summed E-state index contributed by atoms with van der Waals surface area (Å²) in [5.41, 5.74) is -0.471. The third-order valence-corrected chi connectivity index (χ3v) is 2.20. The van der Waals surface area contributed by atoms with Crippen molar-refractivity contribution in [2.24, 2.45) is 0 Å². The van der Waals surface area contributed by atoms with Gasteiger partial charge in [0, 0.05) is 12.3 Å². The molecular formula is C9H5Cl2N3O2. The lowest BCUT2D eigenvalue weighted by Crippen LogP contribution is -2.07. The van der Waals surface area contributed by atoms with E-state index in [-0.39, 0.29) is 10.9 Å². The van der Waals surface area contributed by atoms with Crippen LogP contribution in [0.5, 0.6) is 11.6 Å². The molecule has 0 saturated carbocycles. The minimum absolute atomic E-state index is 0.00878. The fourth-order valence-electron chi connectivity index (χ4n) is 0.998. The summed E-state index contributed by atoms with van der Waals surface area (Å²) in [5.74, 6) is 0.363. The van der Waals surface area contributed by atoms with Gasteiger partial charge in [-0.1, -0.05) is 23.2 Å². The number of pyridine rings is 1.